The predicted octanol–water partition coefficient (Wildman–Crippen LogP) is 2.40. The summed E-state index contributed by atoms with van der Waals surface area (Å²) in [4.78, 5) is 23.4. The van der Waals surface area contributed by atoms with Crippen molar-refractivity contribution >= 4 is 6.03 Å². The lowest BCUT2D eigenvalue weighted by atomic mass is 10.1. The van der Waals surface area contributed by atoms with Crippen LogP contribution in [0.15, 0.2) is 47.3 Å². The molecule has 1 aromatic carbocycles. The van der Waals surface area contributed by atoms with Gasteiger partial charge in [-0.15, -0.1) is 0 Å². The lowest BCUT2D eigenvalue weighted by Crippen LogP contribution is -2.39. The van der Waals surface area contributed by atoms with E-state index in [1.54, 1.807) is 12.1 Å². The van der Waals surface area contributed by atoms with Crippen molar-refractivity contribution in [2.75, 3.05) is 6.54 Å². The van der Waals surface area contributed by atoms with E-state index in [4.69, 9.17) is 0 Å². The predicted molar refractivity (Wildman–Crippen MR) is 94.8 cm³/mol. The number of urea groups is 1. The highest BCUT2D eigenvalue weighted by Gasteiger charge is 2.04. The first-order valence-electron chi connectivity index (χ1n) is 8.24. The molecule has 0 radical (unpaired) electrons. The van der Waals surface area contributed by atoms with Gasteiger partial charge in [-0.3, -0.25) is 4.79 Å². The monoisotopic (exact) mass is 328 g/mol. The van der Waals surface area contributed by atoms with Crippen LogP contribution in [0.5, 0.6) is 0 Å². The zero-order valence-electron chi connectivity index (χ0n) is 14.2. The van der Waals surface area contributed by atoms with E-state index in [1.807, 2.05) is 44.2 Å². The Morgan fingerprint density at radius 2 is 1.88 bits per heavy atom. The molecule has 2 N–H and O–H groups in total. The summed E-state index contributed by atoms with van der Waals surface area (Å²) >= 11 is 0. The molecule has 1 heterocycles. The molecule has 6 nitrogen and oxygen atoms in total. The first-order valence-corrected chi connectivity index (χ1v) is 8.24. The van der Waals surface area contributed by atoms with Crippen LogP contribution in [0.1, 0.15) is 26.7 Å². The van der Waals surface area contributed by atoms with Crippen LogP contribution in [-0.2, 0) is 6.54 Å². The van der Waals surface area contributed by atoms with Gasteiger partial charge in [0.25, 0.3) is 5.56 Å². The van der Waals surface area contributed by atoms with Crippen LogP contribution in [0.25, 0.3) is 11.3 Å². The number of carbonyl (C=O) groups is 1. The molecule has 0 atom stereocenters. The Hall–Kier alpha value is -2.63. The molecule has 2 rings (SSSR count). The number of carbonyl (C=O) groups excluding carboxylic acids is 1. The number of nitrogens with one attached hydrogen (secondary N) is 2. The first kappa shape index (κ1) is 17.7. The van der Waals surface area contributed by atoms with Gasteiger partial charge < -0.3 is 10.6 Å². The smallest absolute Gasteiger partial charge is 0.314 e. The van der Waals surface area contributed by atoms with Gasteiger partial charge in [0, 0.05) is 30.8 Å². The summed E-state index contributed by atoms with van der Waals surface area (Å²) in [5.41, 5.74) is 1.66. The molecular weight excluding hydrogens is 304 g/mol. The van der Waals surface area contributed by atoms with Gasteiger partial charge >= 0.3 is 6.03 Å². The number of hydrogen-bond donors (Lipinski definition) is 2. The molecule has 0 bridgehead atoms. The number of nitrogens with zero attached hydrogens (tertiary/aromatic N) is 2. The van der Waals surface area contributed by atoms with Crippen LogP contribution in [0.4, 0.5) is 4.79 Å². The molecule has 0 aliphatic carbocycles. The van der Waals surface area contributed by atoms with E-state index in [2.05, 4.69) is 15.7 Å². The second-order valence-corrected chi connectivity index (χ2v) is 5.91. The van der Waals surface area contributed by atoms with Crippen LogP contribution in [0.2, 0.25) is 0 Å². The fourth-order valence-corrected chi connectivity index (χ4v) is 2.27. The minimum atomic E-state index is -0.161. The van der Waals surface area contributed by atoms with Crippen molar-refractivity contribution in [2.45, 2.75) is 39.3 Å². The minimum Gasteiger partial charge on any atom is -0.338 e. The third-order valence-electron chi connectivity index (χ3n) is 3.44. The third-order valence-corrected chi connectivity index (χ3v) is 3.44. The maximum atomic E-state index is 11.9. The maximum absolute atomic E-state index is 11.9. The number of aryl methyl sites for hydroxylation is 1. The molecule has 2 amide bonds. The topological polar surface area (TPSA) is 76.0 Å². The van der Waals surface area contributed by atoms with Crippen molar-refractivity contribution < 1.29 is 4.79 Å². The molecule has 0 aliphatic heterocycles. The summed E-state index contributed by atoms with van der Waals surface area (Å²) in [5, 5.41) is 9.98. The number of rotatable bonds is 7. The zero-order valence-corrected chi connectivity index (χ0v) is 14.2. The molecule has 0 fully saturated rings. The molecule has 0 saturated heterocycles. The van der Waals surface area contributed by atoms with Crippen LogP contribution < -0.4 is 16.2 Å². The summed E-state index contributed by atoms with van der Waals surface area (Å²) in [6.45, 7) is 4.94. The van der Waals surface area contributed by atoms with Gasteiger partial charge in [-0.05, 0) is 32.8 Å². The quantitative estimate of drug-likeness (QED) is 0.766. The molecule has 1 aromatic heterocycles. The Morgan fingerprint density at radius 1 is 1.12 bits per heavy atom. The first-order chi connectivity index (χ1) is 11.6. The molecule has 128 valence electrons. The van der Waals surface area contributed by atoms with Crippen LogP contribution in [0.3, 0.4) is 0 Å². The van der Waals surface area contributed by atoms with E-state index >= 15 is 0 Å². The van der Waals surface area contributed by atoms with Crippen molar-refractivity contribution in [3.63, 3.8) is 0 Å². The fourth-order valence-electron chi connectivity index (χ4n) is 2.27. The number of unbranched alkanes of at least 4 members (excludes halogenated alkanes) is 1. The van der Waals surface area contributed by atoms with Crippen LogP contribution in [0, 0.1) is 0 Å². The van der Waals surface area contributed by atoms with Gasteiger partial charge in [0.15, 0.2) is 0 Å². The Morgan fingerprint density at radius 3 is 2.58 bits per heavy atom. The van der Waals surface area contributed by atoms with E-state index in [9.17, 15) is 9.59 Å². The Bertz CT molecular complexity index is 710. The maximum Gasteiger partial charge on any atom is 0.314 e. The van der Waals surface area contributed by atoms with Crippen molar-refractivity contribution in [1.29, 1.82) is 0 Å². The van der Waals surface area contributed by atoms with Gasteiger partial charge in [0.1, 0.15) is 0 Å². The van der Waals surface area contributed by atoms with Crippen molar-refractivity contribution in [3.05, 3.63) is 52.8 Å². The van der Waals surface area contributed by atoms with Gasteiger partial charge in [-0.1, -0.05) is 30.3 Å². The van der Waals surface area contributed by atoms with Crippen molar-refractivity contribution in [1.82, 2.24) is 20.4 Å². The Kier molecular flexibility index (Phi) is 6.54. The van der Waals surface area contributed by atoms with Gasteiger partial charge in [-0.25, -0.2) is 9.48 Å². The number of benzene rings is 1. The van der Waals surface area contributed by atoms with Crippen molar-refractivity contribution in [3.8, 4) is 11.3 Å². The Balaban J connectivity index is 1.85. The summed E-state index contributed by atoms with van der Waals surface area (Å²) in [7, 11) is 0. The normalized spacial score (nSPS) is 10.6. The summed E-state index contributed by atoms with van der Waals surface area (Å²) in [6, 6.07) is 13.0. The molecule has 24 heavy (non-hydrogen) atoms. The van der Waals surface area contributed by atoms with Gasteiger partial charge in [0.05, 0.1) is 5.69 Å². The highest BCUT2D eigenvalue weighted by Crippen LogP contribution is 2.13. The number of aromatic nitrogens is 2. The molecular formula is C18H24N4O2. The van der Waals surface area contributed by atoms with E-state index in [0.717, 1.165) is 24.1 Å². The standard InChI is InChI=1S/C18H24N4O2/c1-14(2)20-18(24)19-12-6-7-13-22-17(23)11-10-16(21-22)15-8-4-3-5-9-15/h3-5,8-11,14H,6-7,12-13H2,1-2H3,(H2,19,20,24). The Labute approximate surface area is 141 Å². The summed E-state index contributed by atoms with van der Waals surface area (Å²) in [6.07, 6.45) is 1.56. The van der Waals surface area contributed by atoms with E-state index in [0.29, 0.717) is 13.1 Å². The van der Waals surface area contributed by atoms with E-state index < -0.39 is 0 Å². The minimum absolute atomic E-state index is 0.111. The highest BCUT2D eigenvalue weighted by atomic mass is 16.2. The number of amides is 2. The molecule has 6 heteroatoms. The summed E-state index contributed by atoms with van der Waals surface area (Å²) in [5.74, 6) is 0. The average Bonchev–Trinajstić information content (AvgIpc) is 2.56. The number of hydrogen-bond acceptors (Lipinski definition) is 3. The zero-order chi connectivity index (χ0) is 17.4. The largest absolute Gasteiger partial charge is 0.338 e. The highest BCUT2D eigenvalue weighted by molar-refractivity contribution is 5.73. The molecule has 2 aromatic rings. The van der Waals surface area contributed by atoms with Crippen LogP contribution >= 0.6 is 0 Å². The third kappa shape index (κ3) is 5.53. The molecule has 0 saturated carbocycles. The second kappa shape index (κ2) is 8.86. The van der Waals surface area contributed by atoms with Gasteiger partial charge in [0.2, 0.25) is 0 Å². The average molecular weight is 328 g/mol. The molecule has 0 unspecified atom stereocenters. The van der Waals surface area contributed by atoms with E-state index in [-0.39, 0.29) is 17.6 Å². The lowest BCUT2D eigenvalue weighted by Gasteiger charge is -2.10. The van der Waals surface area contributed by atoms with Crippen LogP contribution in [-0.4, -0.2) is 28.4 Å². The molecule has 0 spiro atoms. The van der Waals surface area contributed by atoms with Gasteiger partial charge in [-0.2, -0.15) is 5.10 Å². The lowest BCUT2D eigenvalue weighted by molar-refractivity contribution is 0.238. The molecule has 0 aliphatic rings. The van der Waals surface area contributed by atoms with E-state index in [1.165, 1.54) is 4.68 Å². The SMILES string of the molecule is CC(C)NC(=O)NCCCCn1nc(-c2ccccc2)ccc1=O. The summed E-state index contributed by atoms with van der Waals surface area (Å²) < 4.78 is 1.48. The fraction of sp³-hybridized carbons (Fsp3) is 0.389. The van der Waals surface area contributed by atoms with Crippen molar-refractivity contribution in [2.24, 2.45) is 0 Å². The second-order valence-electron chi connectivity index (χ2n) is 5.91.